The Morgan fingerprint density at radius 1 is 1.19 bits per heavy atom. The van der Waals surface area contributed by atoms with Crippen molar-refractivity contribution in [2.24, 2.45) is 0 Å². The van der Waals surface area contributed by atoms with Gasteiger partial charge in [-0.15, -0.1) is 0 Å². The van der Waals surface area contributed by atoms with Crippen LogP contribution in [0.1, 0.15) is 25.7 Å². The average molecular weight is 328 g/mol. The third kappa shape index (κ3) is 2.35. The second-order valence-electron chi connectivity index (χ2n) is 4.70. The van der Waals surface area contributed by atoms with E-state index in [0.717, 1.165) is 18.6 Å². The summed E-state index contributed by atoms with van der Waals surface area (Å²) in [6.45, 7) is 0. The van der Waals surface area contributed by atoms with E-state index in [-0.39, 0.29) is 0 Å². The van der Waals surface area contributed by atoms with E-state index >= 15 is 0 Å². The van der Waals surface area contributed by atoms with Gasteiger partial charge < -0.3 is 4.74 Å². The summed E-state index contributed by atoms with van der Waals surface area (Å²) in [4.78, 5) is 0. The molecule has 85 valence electrons. The predicted molar refractivity (Wildman–Crippen MR) is 71.8 cm³/mol. The molecule has 0 aliphatic carbocycles. The second kappa shape index (κ2) is 4.53. The highest BCUT2D eigenvalue weighted by atomic mass is 127. The Bertz CT molecular complexity index is 370. The summed E-state index contributed by atoms with van der Waals surface area (Å²) in [5, 5.41) is 4.72. The minimum absolute atomic E-state index is 0.383. The monoisotopic (exact) mass is 328 g/mol. The van der Waals surface area contributed by atoms with E-state index in [0.29, 0.717) is 18.2 Å². The van der Waals surface area contributed by atoms with E-state index in [1.807, 2.05) is 0 Å². The molecule has 1 aromatic rings. The van der Waals surface area contributed by atoms with E-state index in [1.54, 1.807) is 0 Å². The second-order valence-corrected chi connectivity index (χ2v) is 5.95. The molecule has 2 unspecified atom stereocenters. The lowest BCUT2D eigenvalue weighted by molar-refractivity contribution is 0.135. The van der Waals surface area contributed by atoms with Crippen LogP contribution >= 0.6 is 22.6 Å². The zero-order chi connectivity index (χ0) is 11.0. The van der Waals surface area contributed by atoms with Crippen molar-refractivity contribution in [3.63, 3.8) is 0 Å². The Kier molecular flexibility index (Phi) is 3.07. The van der Waals surface area contributed by atoms with Crippen LogP contribution in [0.5, 0.6) is 5.75 Å². The highest BCUT2D eigenvalue weighted by Gasteiger charge is 2.35. The SMILES string of the molecule is Ic1cccc(OC2CC3CCC(C2)[N]3)c1. The quantitative estimate of drug-likeness (QED) is 0.766. The summed E-state index contributed by atoms with van der Waals surface area (Å²) in [7, 11) is 0. The first-order valence-electron chi connectivity index (χ1n) is 5.92. The zero-order valence-corrected chi connectivity index (χ0v) is 11.3. The number of rotatable bonds is 2. The van der Waals surface area contributed by atoms with Crippen LogP contribution in [0, 0.1) is 3.57 Å². The third-order valence-electron chi connectivity index (χ3n) is 3.42. The molecule has 0 spiro atoms. The lowest BCUT2D eigenvalue weighted by Crippen LogP contribution is -2.38. The molecule has 16 heavy (non-hydrogen) atoms. The molecule has 2 atom stereocenters. The van der Waals surface area contributed by atoms with Crippen LogP contribution in [0.25, 0.3) is 0 Å². The van der Waals surface area contributed by atoms with Crippen LogP contribution in [0.15, 0.2) is 24.3 Å². The summed E-state index contributed by atoms with van der Waals surface area (Å²) < 4.78 is 7.29. The Labute approximate surface area is 110 Å². The van der Waals surface area contributed by atoms with Crippen LogP contribution in [0.4, 0.5) is 0 Å². The number of nitrogens with zero attached hydrogens (tertiary/aromatic N) is 1. The van der Waals surface area contributed by atoms with E-state index < -0.39 is 0 Å². The van der Waals surface area contributed by atoms with Gasteiger partial charge in [-0.25, -0.2) is 5.32 Å². The van der Waals surface area contributed by atoms with Crippen molar-refractivity contribution in [1.29, 1.82) is 0 Å². The highest BCUT2D eigenvalue weighted by Crippen LogP contribution is 2.31. The van der Waals surface area contributed by atoms with Gasteiger partial charge in [-0.1, -0.05) is 6.07 Å². The van der Waals surface area contributed by atoms with E-state index in [2.05, 4.69) is 46.9 Å². The van der Waals surface area contributed by atoms with Gasteiger partial charge in [0.15, 0.2) is 0 Å². The summed E-state index contributed by atoms with van der Waals surface area (Å²) in [6.07, 6.45) is 5.16. The van der Waals surface area contributed by atoms with Crippen molar-refractivity contribution in [3.05, 3.63) is 27.8 Å². The number of benzene rings is 1. The molecule has 1 radical (unpaired) electrons. The van der Waals surface area contributed by atoms with E-state index in [1.165, 1.54) is 16.4 Å². The number of hydrogen-bond acceptors (Lipinski definition) is 1. The van der Waals surface area contributed by atoms with Gasteiger partial charge in [0.25, 0.3) is 0 Å². The van der Waals surface area contributed by atoms with Gasteiger partial charge >= 0.3 is 0 Å². The van der Waals surface area contributed by atoms with Gasteiger partial charge in [-0.05, 0) is 53.6 Å². The Morgan fingerprint density at radius 3 is 2.62 bits per heavy atom. The first-order chi connectivity index (χ1) is 7.79. The van der Waals surface area contributed by atoms with Gasteiger partial charge in [0.2, 0.25) is 0 Å². The minimum Gasteiger partial charge on any atom is -0.490 e. The molecule has 0 N–H and O–H groups in total. The Balaban J connectivity index is 1.67. The molecule has 2 aliphatic rings. The van der Waals surface area contributed by atoms with Crippen molar-refractivity contribution in [2.45, 2.75) is 43.9 Å². The normalized spacial score (nSPS) is 32.7. The molecular formula is C13H15INO. The summed E-state index contributed by atoms with van der Waals surface area (Å²) in [5.41, 5.74) is 0. The molecule has 0 amide bonds. The first kappa shape index (κ1) is 10.8. The number of piperidine rings is 1. The maximum absolute atomic E-state index is 6.05. The highest BCUT2D eigenvalue weighted by molar-refractivity contribution is 14.1. The standard InChI is InChI=1S/C13H15INO/c14-9-2-1-3-12(6-9)16-13-7-10-4-5-11(8-13)15-10/h1-3,6,10-11,13H,4-5,7-8H2. The fourth-order valence-corrected chi connectivity index (χ4v) is 3.24. The fourth-order valence-electron chi connectivity index (χ4n) is 2.72. The van der Waals surface area contributed by atoms with Gasteiger partial charge in [-0.2, -0.15) is 0 Å². The Hall–Kier alpha value is -0.290. The van der Waals surface area contributed by atoms with Gasteiger partial charge in [0, 0.05) is 28.5 Å². The molecule has 2 fully saturated rings. The topological polar surface area (TPSA) is 23.3 Å². The molecule has 0 saturated carbocycles. The fraction of sp³-hybridized carbons (Fsp3) is 0.538. The van der Waals surface area contributed by atoms with Crippen molar-refractivity contribution in [3.8, 4) is 5.75 Å². The van der Waals surface area contributed by atoms with Crippen LogP contribution in [0.2, 0.25) is 0 Å². The largest absolute Gasteiger partial charge is 0.490 e. The predicted octanol–water partition coefficient (Wildman–Crippen LogP) is 2.97. The van der Waals surface area contributed by atoms with Crippen molar-refractivity contribution >= 4 is 22.6 Å². The molecule has 2 heterocycles. The lowest BCUT2D eigenvalue weighted by Gasteiger charge is -2.28. The molecular weight excluding hydrogens is 313 g/mol. The maximum Gasteiger partial charge on any atom is 0.120 e. The molecule has 1 aromatic carbocycles. The minimum atomic E-state index is 0.383. The third-order valence-corrected chi connectivity index (χ3v) is 4.09. The van der Waals surface area contributed by atoms with Crippen LogP contribution in [0.3, 0.4) is 0 Å². The van der Waals surface area contributed by atoms with Crippen LogP contribution in [-0.2, 0) is 0 Å². The molecule has 3 heteroatoms. The van der Waals surface area contributed by atoms with E-state index in [4.69, 9.17) is 10.1 Å². The van der Waals surface area contributed by atoms with Crippen LogP contribution < -0.4 is 10.1 Å². The number of hydrogen-bond donors (Lipinski definition) is 0. The van der Waals surface area contributed by atoms with Gasteiger partial charge in [0.05, 0.1) is 0 Å². The molecule has 2 bridgehead atoms. The van der Waals surface area contributed by atoms with Crippen molar-refractivity contribution < 1.29 is 4.74 Å². The number of halogens is 1. The summed E-state index contributed by atoms with van der Waals surface area (Å²) in [5.74, 6) is 1.01. The summed E-state index contributed by atoms with van der Waals surface area (Å²) >= 11 is 2.32. The molecule has 2 saturated heterocycles. The number of ether oxygens (including phenoxy) is 1. The average Bonchev–Trinajstić information content (AvgIpc) is 2.58. The maximum atomic E-state index is 6.05. The van der Waals surface area contributed by atoms with E-state index in [9.17, 15) is 0 Å². The molecule has 0 aromatic heterocycles. The molecule has 3 rings (SSSR count). The van der Waals surface area contributed by atoms with Crippen molar-refractivity contribution in [1.82, 2.24) is 5.32 Å². The van der Waals surface area contributed by atoms with Crippen LogP contribution in [-0.4, -0.2) is 18.2 Å². The number of fused-ring (bicyclic) bond motifs is 2. The van der Waals surface area contributed by atoms with Gasteiger partial charge in [0.1, 0.15) is 11.9 Å². The van der Waals surface area contributed by atoms with Crippen molar-refractivity contribution in [2.75, 3.05) is 0 Å². The molecule has 2 aliphatic heterocycles. The molecule has 2 nitrogen and oxygen atoms in total. The summed E-state index contributed by atoms with van der Waals surface area (Å²) in [6, 6.07) is 9.45. The first-order valence-corrected chi connectivity index (χ1v) is 6.99. The smallest absolute Gasteiger partial charge is 0.120 e. The Morgan fingerprint density at radius 2 is 1.94 bits per heavy atom. The van der Waals surface area contributed by atoms with Gasteiger partial charge in [-0.3, -0.25) is 0 Å². The zero-order valence-electron chi connectivity index (χ0n) is 9.10. The lowest BCUT2D eigenvalue weighted by atomic mass is 10.0.